The van der Waals surface area contributed by atoms with E-state index in [9.17, 15) is 40.5 Å². The number of esters is 1. The SMILES string of the molecule is O=C1C[C@@H](c2ccc(O)c(O)c2)c2c(cc(O)c3c2O[C@@H](c2cc(O)c(O)c(O)c2)[C@H](O)C3)O1. The van der Waals surface area contributed by atoms with Crippen LogP contribution in [0.25, 0.3) is 0 Å². The van der Waals surface area contributed by atoms with Crippen molar-refractivity contribution < 1.29 is 50.0 Å². The Kier molecular flexibility index (Phi) is 4.83. The lowest BCUT2D eigenvalue weighted by molar-refractivity contribution is -0.135. The smallest absolute Gasteiger partial charge is 0.312 e. The van der Waals surface area contributed by atoms with Gasteiger partial charge in [0.25, 0.3) is 0 Å². The van der Waals surface area contributed by atoms with Crippen LogP contribution in [0.2, 0.25) is 0 Å². The molecule has 7 N–H and O–H groups in total. The van der Waals surface area contributed by atoms with E-state index >= 15 is 0 Å². The van der Waals surface area contributed by atoms with E-state index in [1.165, 1.54) is 24.3 Å². The van der Waals surface area contributed by atoms with Gasteiger partial charge in [0, 0.05) is 35.1 Å². The number of hydrogen-bond donors (Lipinski definition) is 7. The van der Waals surface area contributed by atoms with Gasteiger partial charge >= 0.3 is 5.97 Å². The summed E-state index contributed by atoms with van der Waals surface area (Å²) in [5.74, 6) is -3.98. The molecular weight excluding hydrogens is 448 g/mol. The van der Waals surface area contributed by atoms with Crippen molar-refractivity contribution in [2.75, 3.05) is 0 Å². The number of fused-ring (bicyclic) bond motifs is 3. The Bertz CT molecular complexity index is 1310. The molecule has 2 aliphatic rings. The minimum absolute atomic E-state index is 0.0385. The maximum absolute atomic E-state index is 12.3. The van der Waals surface area contributed by atoms with Crippen LogP contribution in [-0.2, 0) is 11.2 Å². The number of rotatable bonds is 2. The Balaban J connectivity index is 1.67. The molecule has 0 radical (unpaired) electrons. The summed E-state index contributed by atoms with van der Waals surface area (Å²) in [5, 5.41) is 70.4. The van der Waals surface area contributed by atoms with Gasteiger partial charge in [0.05, 0.1) is 12.5 Å². The largest absolute Gasteiger partial charge is 0.507 e. The minimum atomic E-state index is -1.19. The van der Waals surface area contributed by atoms with Crippen molar-refractivity contribution in [1.82, 2.24) is 0 Å². The highest BCUT2D eigenvalue weighted by Crippen LogP contribution is 2.53. The van der Waals surface area contributed by atoms with Crippen LogP contribution in [0, 0.1) is 0 Å². The van der Waals surface area contributed by atoms with Gasteiger partial charge in [0.2, 0.25) is 0 Å². The van der Waals surface area contributed by atoms with Crippen LogP contribution in [0.1, 0.15) is 40.7 Å². The summed E-state index contributed by atoms with van der Waals surface area (Å²) < 4.78 is 11.4. The highest BCUT2D eigenvalue weighted by atomic mass is 16.5. The Morgan fingerprint density at radius 2 is 1.44 bits per heavy atom. The molecule has 10 nitrogen and oxygen atoms in total. The van der Waals surface area contributed by atoms with Crippen LogP contribution in [0.15, 0.2) is 36.4 Å². The molecule has 0 amide bonds. The molecule has 0 fully saturated rings. The first-order valence-electron chi connectivity index (χ1n) is 10.3. The lowest BCUT2D eigenvalue weighted by Gasteiger charge is -2.36. The van der Waals surface area contributed by atoms with Gasteiger partial charge in [-0.15, -0.1) is 0 Å². The van der Waals surface area contributed by atoms with Crippen molar-refractivity contribution >= 4 is 5.97 Å². The van der Waals surface area contributed by atoms with E-state index in [0.717, 1.165) is 12.1 Å². The third-order valence-corrected chi connectivity index (χ3v) is 6.13. The molecule has 0 unspecified atom stereocenters. The van der Waals surface area contributed by atoms with Gasteiger partial charge in [-0.1, -0.05) is 6.07 Å². The van der Waals surface area contributed by atoms with E-state index in [0.29, 0.717) is 11.1 Å². The zero-order valence-electron chi connectivity index (χ0n) is 17.5. The molecule has 176 valence electrons. The Hall–Kier alpha value is -4.31. The Morgan fingerprint density at radius 1 is 0.765 bits per heavy atom. The molecule has 3 aromatic rings. The monoisotopic (exact) mass is 468 g/mol. The number of ether oxygens (including phenoxy) is 2. The van der Waals surface area contributed by atoms with Gasteiger partial charge in [-0.2, -0.15) is 0 Å². The van der Waals surface area contributed by atoms with Crippen molar-refractivity contribution in [3.8, 4) is 46.0 Å². The third-order valence-electron chi connectivity index (χ3n) is 6.13. The molecule has 0 spiro atoms. The number of carbonyl (C=O) groups excluding carboxylic acids is 1. The second kappa shape index (κ2) is 7.63. The van der Waals surface area contributed by atoms with Crippen LogP contribution in [0.5, 0.6) is 46.0 Å². The first-order chi connectivity index (χ1) is 16.1. The normalized spacial score (nSPS) is 21.2. The predicted molar refractivity (Wildman–Crippen MR) is 114 cm³/mol. The second-order valence-electron chi connectivity index (χ2n) is 8.31. The number of carbonyl (C=O) groups is 1. The number of benzene rings is 3. The quantitative estimate of drug-likeness (QED) is 0.168. The molecule has 34 heavy (non-hydrogen) atoms. The third kappa shape index (κ3) is 3.35. The molecule has 2 aliphatic heterocycles. The van der Waals surface area contributed by atoms with E-state index in [4.69, 9.17) is 9.47 Å². The lowest BCUT2D eigenvalue weighted by Crippen LogP contribution is -2.32. The highest BCUT2D eigenvalue weighted by molar-refractivity contribution is 5.80. The highest BCUT2D eigenvalue weighted by Gasteiger charge is 2.40. The molecule has 5 rings (SSSR count). The molecule has 10 heteroatoms. The summed E-state index contributed by atoms with van der Waals surface area (Å²) in [4.78, 5) is 12.3. The number of phenols is 6. The zero-order chi connectivity index (χ0) is 24.3. The van der Waals surface area contributed by atoms with Crippen LogP contribution in [-0.4, -0.2) is 47.8 Å². The molecule has 0 aromatic heterocycles. The summed E-state index contributed by atoms with van der Waals surface area (Å²) in [6.07, 6.45) is -2.49. The minimum Gasteiger partial charge on any atom is -0.507 e. The van der Waals surface area contributed by atoms with Crippen LogP contribution < -0.4 is 9.47 Å². The number of aliphatic hydroxyl groups excluding tert-OH is 1. The fourth-order valence-corrected chi connectivity index (χ4v) is 4.50. The van der Waals surface area contributed by atoms with Crippen LogP contribution in [0.3, 0.4) is 0 Å². The number of hydrogen-bond acceptors (Lipinski definition) is 10. The van der Waals surface area contributed by atoms with Gasteiger partial charge in [-0.25, -0.2) is 0 Å². The Labute approximate surface area is 192 Å². The van der Waals surface area contributed by atoms with E-state index in [2.05, 4.69) is 0 Å². The van der Waals surface area contributed by atoms with Crippen LogP contribution >= 0.6 is 0 Å². The number of phenolic OH excluding ortho intramolecular Hbond substituents is 6. The second-order valence-corrected chi connectivity index (χ2v) is 8.31. The van der Waals surface area contributed by atoms with Crippen molar-refractivity contribution in [1.29, 1.82) is 0 Å². The summed E-state index contributed by atoms with van der Waals surface area (Å²) in [6.45, 7) is 0. The average molecular weight is 468 g/mol. The number of aliphatic hydroxyl groups is 1. The molecule has 0 bridgehead atoms. The molecule has 2 heterocycles. The van der Waals surface area contributed by atoms with E-state index in [-0.39, 0.29) is 52.7 Å². The standard InChI is InChI=1S/C24H20O10/c25-13-2-1-9(3-15(13)27)11-7-20(31)33-19-8-14(26)12-6-18(30)23(34-24(12)21(11)19)10-4-16(28)22(32)17(29)5-10/h1-5,8,11,18,23,25-30,32H,6-7H2/t11-,18+,23-/m0/s1. The van der Waals surface area contributed by atoms with Gasteiger partial charge in [-0.05, 0) is 29.8 Å². The molecule has 3 aromatic carbocycles. The fraction of sp³-hybridized carbons (Fsp3) is 0.208. The van der Waals surface area contributed by atoms with Gasteiger partial charge in [0.1, 0.15) is 17.2 Å². The predicted octanol–water partition coefficient (Wildman–Crippen LogP) is 2.40. The fourth-order valence-electron chi connectivity index (χ4n) is 4.50. The molecule has 3 atom stereocenters. The first-order valence-corrected chi connectivity index (χ1v) is 10.3. The maximum Gasteiger partial charge on any atom is 0.312 e. The topological polar surface area (TPSA) is 177 Å². The summed E-state index contributed by atoms with van der Waals surface area (Å²) in [6, 6.07) is 7.66. The van der Waals surface area contributed by atoms with E-state index < -0.39 is 41.3 Å². The molecular formula is C24H20O10. The van der Waals surface area contributed by atoms with E-state index in [1.807, 2.05) is 0 Å². The zero-order valence-corrected chi connectivity index (χ0v) is 17.5. The van der Waals surface area contributed by atoms with Crippen molar-refractivity contribution in [3.05, 3.63) is 58.7 Å². The Morgan fingerprint density at radius 3 is 2.12 bits per heavy atom. The average Bonchev–Trinajstić information content (AvgIpc) is 2.78. The van der Waals surface area contributed by atoms with Gasteiger partial charge in [-0.3, -0.25) is 4.79 Å². The molecule has 0 aliphatic carbocycles. The summed E-state index contributed by atoms with van der Waals surface area (Å²) in [5.41, 5.74) is 1.30. The number of aromatic hydroxyl groups is 6. The molecule has 0 saturated carbocycles. The maximum atomic E-state index is 12.3. The van der Waals surface area contributed by atoms with Crippen molar-refractivity contribution in [2.24, 2.45) is 0 Å². The van der Waals surface area contributed by atoms with Crippen molar-refractivity contribution in [2.45, 2.75) is 31.0 Å². The van der Waals surface area contributed by atoms with E-state index in [1.54, 1.807) is 0 Å². The molecule has 0 saturated heterocycles. The van der Waals surface area contributed by atoms with Crippen molar-refractivity contribution in [3.63, 3.8) is 0 Å². The van der Waals surface area contributed by atoms with Gasteiger partial charge in [0.15, 0.2) is 34.9 Å². The van der Waals surface area contributed by atoms with Gasteiger partial charge < -0.3 is 45.2 Å². The summed E-state index contributed by atoms with van der Waals surface area (Å²) >= 11 is 0. The van der Waals surface area contributed by atoms with Crippen LogP contribution in [0.4, 0.5) is 0 Å². The first kappa shape index (κ1) is 21.5. The summed E-state index contributed by atoms with van der Waals surface area (Å²) in [7, 11) is 0. The lowest BCUT2D eigenvalue weighted by atomic mass is 9.82.